The molecule has 0 spiro atoms. The number of benzene rings is 2. The number of anilines is 1. The molecule has 2 heterocycles. The zero-order valence-corrected chi connectivity index (χ0v) is 18.5. The Labute approximate surface area is 186 Å². The Morgan fingerprint density at radius 2 is 1.81 bits per heavy atom. The number of hydrogen-bond donors (Lipinski definition) is 2. The summed E-state index contributed by atoms with van der Waals surface area (Å²) < 4.78 is 1.88. The van der Waals surface area contributed by atoms with Crippen molar-refractivity contribution >= 4 is 17.8 Å². The summed E-state index contributed by atoms with van der Waals surface area (Å²) in [6, 6.07) is 19.5. The van der Waals surface area contributed by atoms with Crippen molar-refractivity contribution < 1.29 is 4.79 Å². The number of aryl methyl sites for hydroxylation is 1. The molecule has 1 amide bonds. The van der Waals surface area contributed by atoms with E-state index in [0.29, 0.717) is 11.4 Å². The van der Waals surface area contributed by atoms with Gasteiger partial charge in [-0.2, -0.15) is 15.3 Å². The van der Waals surface area contributed by atoms with Crippen molar-refractivity contribution in [3.8, 4) is 16.9 Å². The van der Waals surface area contributed by atoms with Crippen LogP contribution in [0.1, 0.15) is 27.4 Å². The van der Waals surface area contributed by atoms with Crippen LogP contribution in [0.3, 0.4) is 0 Å². The van der Waals surface area contributed by atoms with E-state index in [1.807, 2.05) is 92.1 Å². The lowest BCUT2D eigenvalue weighted by molar-refractivity contribution is 0.0950. The number of carbonyl (C=O) groups is 1. The SMILES string of the molecule is Cc1nn(-c2ccccc2)c(C)c1-c1cc(C(=O)N/N=C/c2ccc(N(C)C)cc2)[nH]n1. The molecule has 0 fully saturated rings. The summed E-state index contributed by atoms with van der Waals surface area (Å²) in [4.78, 5) is 14.5. The van der Waals surface area contributed by atoms with Gasteiger partial charge in [-0.15, -0.1) is 0 Å². The summed E-state index contributed by atoms with van der Waals surface area (Å²) in [5, 5.41) is 15.8. The molecule has 4 rings (SSSR count). The first-order valence-electron chi connectivity index (χ1n) is 10.2. The number of rotatable bonds is 6. The Morgan fingerprint density at radius 3 is 2.50 bits per heavy atom. The summed E-state index contributed by atoms with van der Waals surface area (Å²) in [6.07, 6.45) is 1.60. The lowest BCUT2D eigenvalue weighted by Gasteiger charge is -2.11. The second-order valence-corrected chi connectivity index (χ2v) is 7.65. The van der Waals surface area contributed by atoms with Crippen LogP contribution >= 0.6 is 0 Å². The molecule has 0 saturated carbocycles. The zero-order chi connectivity index (χ0) is 22.7. The second kappa shape index (κ2) is 8.89. The van der Waals surface area contributed by atoms with Crippen LogP contribution in [0.5, 0.6) is 0 Å². The number of nitrogens with one attached hydrogen (secondary N) is 2. The van der Waals surface area contributed by atoms with E-state index >= 15 is 0 Å². The molecular formula is C24H25N7O. The first-order chi connectivity index (χ1) is 15.4. The monoisotopic (exact) mass is 427 g/mol. The van der Waals surface area contributed by atoms with E-state index in [1.165, 1.54) is 0 Å². The van der Waals surface area contributed by atoms with Crippen LogP contribution in [0.2, 0.25) is 0 Å². The average molecular weight is 428 g/mol. The third-order valence-electron chi connectivity index (χ3n) is 5.16. The fraction of sp³-hybridized carbons (Fsp3) is 0.167. The highest BCUT2D eigenvalue weighted by Crippen LogP contribution is 2.27. The molecule has 0 atom stereocenters. The van der Waals surface area contributed by atoms with Gasteiger partial charge in [0.1, 0.15) is 5.69 Å². The third kappa shape index (κ3) is 4.29. The molecule has 2 aromatic heterocycles. The molecule has 0 bridgehead atoms. The van der Waals surface area contributed by atoms with E-state index in [4.69, 9.17) is 0 Å². The molecule has 2 aromatic carbocycles. The van der Waals surface area contributed by atoms with E-state index in [2.05, 4.69) is 25.8 Å². The highest BCUT2D eigenvalue weighted by atomic mass is 16.2. The molecule has 8 nitrogen and oxygen atoms in total. The van der Waals surface area contributed by atoms with Crippen LogP contribution in [0.4, 0.5) is 5.69 Å². The summed E-state index contributed by atoms with van der Waals surface area (Å²) >= 11 is 0. The Kier molecular flexibility index (Phi) is 5.85. The van der Waals surface area contributed by atoms with Gasteiger partial charge in [-0.1, -0.05) is 30.3 Å². The fourth-order valence-electron chi connectivity index (χ4n) is 3.48. The summed E-state index contributed by atoms with van der Waals surface area (Å²) in [5.41, 5.74) is 9.17. The lowest BCUT2D eigenvalue weighted by Crippen LogP contribution is -2.18. The number of H-pyrrole nitrogens is 1. The van der Waals surface area contributed by atoms with Gasteiger partial charge in [0.15, 0.2) is 0 Å². The van der Waals surface area contributed by atoms with Crippen molar-refractivity contribution in [2.75, 3.05) is 19.0 Å². The van der Waals surface area contributed by atoms with Crippen LogP contribution in [0.25, 0.3) is 16.9 Å². The topological polar surface area (TPSA) is 91.2 Å². The molecule has 4 aromatic rings. The molecule has 0 unspecified atom stereocenters. The van der Waals surface area contributed by atoms with Gasteiger partial charge in [0.2, 0.25) is 0 Å². The molecule has 0 radical (unpaired) electrons. The number of para-hydroxylation sites is 1. The standard InChI is InChI=1S/C24H25N7O/c1-16-23(17(2)31(29-16)20-8-6-5-7-9-20)21-14-22(27-26-21)24(32)28-25-15-18-10-12-19(13-11-18)30(3)4/h5-15H,1-4H3,(H,26,27)(H,28,32)/b25-15+. The minimum absolute atomic E-state index is 0.325. The maximum absolute atomic E-state index is 12.5. The molecule has 32 heavy (non-hydrogen) atoms. The van der Waals surface area contributed by atoms with Gasteiger partial charge < -0.3 is 4.90 Å². The van der Waals surface area contributed by atoms with Gasteiger partial charge in [-0.05, 0) is 49.7 Å². The summed E-state index contributed by atoms with van der Waals surface area (Å²) in [5.74, 6) is -0.365. The number of carbonyl (C=O) groups excluding carboxylic acids is 1. The van der Waals surface area contributed by atoms with Crippen molar-refractivity contribution in [2.45, 2.75) is 13.8 Å². The van der Waals surface area contributed by atoms with Crippen LogP contribution in [0.15, 0.2) is 65.8 Å². The predicted molar refractivity (Wildman–Crippen MR) is 126 cm³/mol. The molecular weight excluding hydrogens is 402 g/mol. The van der Waals surface area contributed by atoms with Crippen molar-refractivity contribution in [1.82, 2.24) is 25.4 Å². The Morgan fingerprint density at radius 1 is 1.09 bits per heavy atom. The summed E-state index contributed by atoms with van der Waals surface area (Å²) in [7, 11) is 3.97. The van der Waals surface area contributed by atoms with Gasteiger partial charge in [0.25, 0.3) is 5.91 Å². The maximum atomic E-state index is 12.5. The van der Waals surface area contributed by atoms with Crippen molar-refractivity contribution in [2.24, 2.45) is 5.10 Å². The van der Waals surface area contributed by atoms with Gasteiger partial charge >= 0.3 is 0 Å². The maximum Gasteiger partial charge on any atom is 0.289 e. The van der Waals surface area contributed by atoms with Gasteiger partial charge in [0.05, 0.1) is 29.0 Å². The van der Waals surface area contributed by atoms with E-state index in [-0.39, 0.29) is 5.91 Å². The van der Waals surface area contributed by atoms with Gasteiger partial charge in [0, 0.05) is 25.3 Å². The Hall–Kier alpha value is -4.20. The smallest absolute Gasteiger partial charge is 0.289 e. The first kappa shape index (κ1) is 21.0. The minimum atomic E-state index is -0.365. The average Bonchev–Trinajstić information content (AvgIpc) is 3.39. The molecule has 2 N–H and O–H groups in total. The van der Waals surface area contributed by atoms with Crippen molar-refractivity contribution in [3.05, 3.63) is 83.3 Å². The van der Waals surface area contributed by atoms with Crippen LogP contribution in [-0.2, 0) is 0 Å². The number of amides is 1. The molecule has 0 aliphatic heterocycles. The molecule has 0 saturated heterocycles. The molecule has 0 aliphatic carbocycles. The molecule has 0 aliphatic rings. The van der Waals surface area contributed by atoms with Crippen LogP contribution in [-0.4, -0.2) is 46.2 Å². The van der Waals surface area contributed by atoms with E-state index in [1.54, 1.807) is 12.3 Å². The Bertz CT molecular complexity index is 1250. The highest BCUT2D eigenvalue weighted by Gasteiger charge is 2.18. The quantitative estimate of drug-likeness (QED) is 0.363. The van der Waals surface area contributed by atoms with Gasteiger partial charge in [-0.3, -0.25) is 9.89 Å². The fourth-order valence-corrected chi connectivity index (χ4v) is 3.48. The van der Waals surface area contributed by atoms with E-state index in [0.717, 1.165) is 33.9 Å². The number of aromatic amines is 1. The largest absolute Gasteiger partial charge is 0.378 e. The second-order valence-electron chi connectivity index (χ2n) is 7.65. The van der Waals surface area contributed by atoms with Gasteiger partial charge in [-0.25, -0.2) is 10.1 Å². The van der Waals surface area contributed by atoms with E-state index in [9.17, 15) is 4.79 Å². The van der Waals surface area contributed by atoms with E-state index < -0.39 is 0 Å². The number of aromatic nitrogens is 4. The summed E-state index contributed by atoms with van der Waals surface area (Å²) in [6.45, 7) is 3.92. The molecule has 8 heteroatoms. The number of hydrogen-bond acceptors (Lipinski definition) is 5. The highest BCUT2D eigenvalue weighted by molar-refractivity contribution is 5.94. The van der Waals surface area contributed by atoms with Crippen molar-refractivity contribution in [1.29, 1.82) is 0 Å². The number of hydrazone groups is 1. The predicted octanol–water partition coefficient (Wildman–Crippen LogP) is 3.71. The first-order valence-corrected chi connectivity index (χ1v) is 10.2. The minimum Gasteiger partial charge on any atom is -0.378 e. The van der Waals surface area contributed by atoms with Crippen LogP contribution in [0, 0.1) is 13.8 Å². The number of nitrogens with zero attached hydrogens (tertiary/aromatic N) is 5. The Balaban J connectivity index is 1.48. The lowest BCUT2D eigenvalue weighted by atomic mass is 10.1. The zero-order valence-electron chi connectivity index (χ0n) is 18.5. The van der Waals surface area contributed by atoms with Crippen LogP contribution < -0.4 is 10.3 Å². The molecule has 162 valence electrons. The van der Waals surface area contributed by atoms with Crippen molar-refractivity contribution in [3.63, 3.8) is 0 Å². The normalized spacial score (nSPS) is 11.1. The third-order valence-corrected chi connectivity index (χ3v) is 5.16.